The molecule has 3 aromatic rings. The lowest BCUT2D eigenvalue weighted by Crippen LogP contribution is -2.14. The van der Waals surface area contributed by atoms with Gasteiger partial charge in [-0.15, -0.1) is 11.3 Å². The van der Waals surface area contributed by atoms with Crippen molar-refractivity contribution >= 4 is 17.2 Å². The summed E-state index contributed by atoms with van der Waals surface area (Å²) < 4.78 is 0. The molecular formula is C15H12N4S. The fraction of sp³-hybridized carbons (Fsp3) is 0. The number of nitrogens with one attached hydrogen (secondary N) is 1. The first-order valence-corrected chi connectivity index (χ1v) is 6.94. The van der Waals surface area contributed by atoms with Crippen LogP contribution in [0.1, 0.15) is 5.69 Å². The van der Waals surface area contributed by atoms with Crippen molar-refractivity contribution in [1.82, 2.24) is 9.97 Å². The van der Waals surface area contributed by atoms with E-state index in [9.17, 15) is 0 Å². The molecule has 20 heavy (non-hydrogen) atoms. The number of pyridine rings is 1. The fourth-order valence-electron chi connectivity index (χ4n) is 1.94. The molecule has 1 aromatic carbocycles. The van der Waals surface area contributed by atoms with E-state index >= 15 is 0 Å². The van der Waals surface area contributed by atoms with Crippen LogP contribution < -0.4 is 5.73 Å². The highest BCUT2D eigenvalue weighted by molar-refractivity contribution is 7.13. The van der Waals surface area contributed by atoms with Crippen LogP contribution in [0.3, 0.4) is 0 Å². The maximum atomic E-state index is 7.59. The molecule has 0 aliphatic rings. The number of hydrogen-bond acceptors (Lipinski definition) is 4. The van der Waals surface area contributed by atoms with Gasteiger partial charge in [0.05, 0.1) is 5.69 Å². The number of rotatable bonds is 3. The monoisotopic (exact) mass is 280 g/mol. The minimum absolute atomic E-state index is 0.0464. The number of amidine groups is 1. The highest BCUT2D eigenvalue weighted by Crippen LogP contribution is 2.29. The van der Waals surface area contributed by atoms with E-state index in [4.69, 9.17) is 11.1 Å². The van der Waals surface area contributed by atoms with Crippen LogP contribution in [0.25, 0.3) is 21.8 Å². The standard InChI is InChI=1S/C15H12N4S/c16-14(17)13-11(7-4-8-18-13)12-9-20-15(19-12)10-5-2-1-3-6-10/h1-9H,(H3,16,17). The fourth-order valence-corrected chi connectivity index (χ4v) is 2.76. The van der Waals surface area contributed by atoms with E-state index in [-0.39, 0.29) is 5.84 Å². The van der Waals surface area contributed by atoms with E-state index in [2.05, 4.69) is 9.97 Å². The van der Waals surface area contributed by atoms with Crippen molar-refractivity contribution in [3.8, 4) is 21.8 Å². The molecule has 4 nitrogen and oxygen atoms in total. The van der Waals surface area contributed by atoms with Crippen LogP contribution >= 0.6 is 11.3 Å². The summed E-state index contributed by atoms with van der Waals surface area (Å²) in [6.45, 7) is 0. The number of nitrogens with zero attached hydrogens (tertiary/aromatic N) is 2. The highest BCUT2D eigenvalue weighted by atomic mass is 32.1. The van der Waals surface area contributed by atoms with Crippen LogP contribution in [0.5, 0.6) is 0 Å². The Morgan fingerprint density at radius 2 is 1.90 bits per heavy atom. The van der Waals surface area contributed by atoms with Crippen LogP contribution in [-0.4, -0.2) is 15.8 Å². The first kappa shape index (κ1) is 12.5. The molecule has 2 heterocycles. The molecule has 0 aliphatic carbocycles. The number of hydrogen-bond donors (Lipinski definition) is 2. The minimum atomic E-state index is -0.0464. The van der Waals surface area contributed by atoms with Crippen molar-refractivity contribution < 1.29 is 0 Å². The number of thiazole rings is 1. The van der Waals surface area contributed by atoms with Crippen LogP contribution in [-0.2, 0) is 0 Å². The van der Waals surface area contributed by atoms with E-state index in [1.807, 2.05) is 47.8 Å². The van der Waals surface area contributed by atoms with Gasteiger partial charge < -0.3 is 5.73 Å². The van der Waals surface area contributed by atoms with Gasteiger partial charge in [0.25, 0.3) is 0 Å². The predicted octanol–water partition coefficient (Wildman–Crippen LogP) is 3.16. The Morgan fingerprint density at radius 3 is 2.65 bits per heavy atom. The van der Waals surface area contributed by atoms with Gasteiger partial charge in [0.15, 0.2) is 0 Å². The lowest BCUT2D eigenvalue weighted by molar-refractivity contribution is 1.24. The number of benzene rings is 1. The molecule has 5 heteroatoms. The van der Waals surface area contributed by atoms with Gasteiger partial charge >= 0.3 is 0 Å². The predicted molar refractivity (Wildman–Crippen MR) is 81.8 cm³/mol. The van der Waals surface area contributed by atoms with Crippen molar-refractivity contribution in [2.45, 2.75) is 0 Å². The molecule has 0 radical (unpaired) electrons. The first-order valence-electron chi connectivity index (χ1n) is 6.06. The number of nitrogens with two attached hydrogens (primary N) is 1. The summed E-state index contributed by atoms with van der Waals surface area (Å²) in [5.74, 6) is -0.0464. The molecule has 0 amide bonds. The van der Waals surface area contributed by atoms with Crippen LogP contribution in [0, 0.1) is 5.41 Å². The molecule has 98 valence electrons. The van der Waals surface area contributed by atoms with Gasteiger partial charge in [0.2, 0.25) is 0 Å². The zero-order valence-electron chi connectivity index (χ0n) is 10.6. The molecule has 2 aromatic heterocycles. The van der Waals surface area contributed by atoms with Crippen LogP contribution in [0.15, 0.2) is 54.0 Å². The van der Waals surface area contributed by atoms with E-state index in [0.29, 0.717) is 5.69 Å². The normalized spacial score (nSPS) is 10.4. The van der Waals surface area contributed by atoms with Crippen molar-refractivity contribution in [2.24, 2.45) is 5.73 Å². The second kappa shape index (κ2) is 5.22. The van der Waals surface area contributed by atoms with Gasteiger partial charge in [-0.25, -0.2) is 4.98 Å². The third-order valence-corrected chi connectivity index (χ3v) is 3.76. The molecule has 0 saturated heterocycles. The maximum Gasteiger partial charge on any atom is 0.142 e. The molecule has 0 fully saturated rings. The Balaban J connectivity index is 2.05. The Morgan fingerprint density at radius 1 is 1.10 bits per heavy atom. The molecular weight excluding hydrogens is 268 g/mol. The highest BCUT2D eigenvalue weighted by Gasteiger charge is 2.12. The van der Waals surface area contributed by atoms with E-state index in [0.717, 1.165) is 21.8 Å². The third-order valence-electron chi connectivity index (χ3n) is 2.86. The SMILES string of the molecule is N=C(N)c1ncccc1-c1csc(-c2ccccc2)n1. The summed E-state index contributed by atoms with van der Waals surface area (Å²) in [5, 5.41) is 10.5. The largest absolute Gasteiger partial charge is 0.382 e. The van der Waals surface area contributed by atoms with Gasteiger partial charge in [0.1, 0.15) is 16.5 Å². The molecule has 0 bridgehead atoms. The zero-order valence-corrected chi connectivity index (χ0v) is 11.4. The summed E-state index contributed by atoms with van der Waals surface area (Å²) in [6.07, 6.45) is 1.63. The van der Waals surface area contributed by atoms with Gasteiger partial charge in [-0.05, 0) is 12.1 Å². The van der Waals surface area contributed by atoms with Gasteiger partial charge in [-0.1, -0.05) is 30.3 Å². The Labute approximate surface area is 120 Å². The molecule has 3 rings (SSSR count). The Bertz CT molecular complexity index is 749. The van der Waals surface area contributed by atoms with Crippen LogP contribution in [0.2, 0.25) is 0 Å². The quantitative estimate of drug-likeness (QED) is 0.571. The summed E-state index contributed by atoms with van der Waals surface area (Å²) in [4.78, 5) is 8.77. The molecule has 3 N–H and O–H groups in total. The smallest absolute Gasteiger partial charge is 0.142 e. The van der Waals surface area contributed by atoms with E-state index < -0.39 is 0 Å². The van der Waals surface area contributed by atoms with Crippen molar-refractivity contribution in [3.05, 3.63) is 59.7 Å². The summed E-state index contributed by atoms with van der Waals surface area (Å²) >= 11 is 1.57. The summed E-state index contributed by atoms with van der Waals surface area (Å²) in [5.41, 5.74) is 8.71. The second-order valence-corrected chi connectivity index (χ2v) is 5.08. The van der Waals surface area contributed by atoms with Crippen LogP contribution in [0.4, 0.5) is 0 Å². The minimum Gasteiger partial charge on any atom is -0.382 e. The molecule has 0 spiro atoms. The van der Waals surface area contributed by atoms with E-state index in [1.54, 1.807) is 17.5 Å². The average Bonchev–Trinajstić information content (AvgIpc) is 2.98. The first-order chi connectivity index (χ1) is 9.75. The maximum absolute atomic E-state index is 7.59. The van der Waals surface area contributed by atoms with Gasteiger partial charge in [-0.2, -0.15) is 0 Å². The Hall–Kier alpha value is -2.53. The van der Waals surface area contributed by atoms with E-state index in [1.165, 1.54) is 0 Å². The molecule has 0 atom stereocenters. The number of aromatic nitrogens is 2. The van der Waals surface area contributed by atoms with Crippen molar-refractivity contribution in [3.63, 3.8) is 0 Å². The second-order valence-electron chi connectivity index (χ2n) is 4.22. The topological polar surface area (TPSA) is 75.7 Å². The average molecular weight is 280 g/mol. The van der Waals surface area contributed by atoms with Gasteiger partial charge in [-0.3, -0.25) is 10.4 Å². The molecule has 0 aliphatic heterocycles. The lowest BCUT2D eigenvalue weighted by Gasteiger charge is -2.03. The zero-order chi connectivity index (χ0) is 13.9. The van der Waals surface area contributed by atoms with Gasteiger partial charge in [0, 0.05) is 22.7 Å². The molecule has 0 saturated carbocycles. The number of nitrogen functional groups attached to an aromatic ring is 1. The lowest BCUT2D eigenvalue weighted by atomic mass is 10.1. The van der Waals surface area contributed by atoms with Crippen molar-refractivity contribution in [2.75, 3.05) is 0 Å². The summed E-state index contributed by atoms with van der Waals surface area (Å²) in [7, 11) is 0. The van der Waals surface area contributed by atoms with Crippen molar-refractivity contribution in [1.29, 1.82) is 5.41 Å². The third kappa shape index (κ3) is 2.31. The summed E-state index contributed by atoms with van der Waals surface area (Å²) in [6, 6.07) is 13.7. The Kier molecular flexibility index (Phi) is 3.26. The molecule has 0 unspecified atom stereocenters.